The van der Waals surface area contributed by atoms with Crippen LogP contribution in [-0.4, -0.2) is 51.0 Å². The number of hydrogen-bond acceptors (Lipinski definition) is 9. The largest absolute Gasteiger partial charge is 0.497 e. The molecule has 1 atom stereocenters. The lowest BCUT2D eigenvalue weighted by molar-refractivity contribution is -0.383. The Morgan fingerprint density at radius 3 is 2.49 bits per heavy atom. The molecule has 1 unspecified atom stereocenters. The van der Waals surface area contributed by atoms with E-state index in [0.717, 1.165) is 18.7 Å². The van der Waals surface area contributed by atoms with Gasteiger partial charge in [-0.3, -0.25) is 14.9 Å². The summed E-state index contributed by atoms with van der Waals surface area (Å²) in [5, 5.41) is 18.5. The van der Waals surface area contributed by atoms with Gasteiger partial charge in [-0.2, -0.15) is 0 Å². The van der Waals surface area contributed by atoms with Crippen LogP contribution >= 0.6 is 0 Å². The topological polar surface area (TPSA) is 165 Å². The molecule has 1 aliphatic heterocycles. The zero-order chi connectivity index (χ0) is 27.6. The van der Waals surface area contributed by atoms with Gasteiger partial charge in [0.15, 0.2) is 0 Å². The maximum atomic E-state index is 12.9. The molecular weight excluding hydrogens is 526 g/mol. The van der Waals surface area contributed by atoms with Crippen LogP contribution in [0.3, 0.4) is 0 Å². The number of methoxy groups -OCH3 is 1. The number of nitro benzene ring substituents is 1. The van der Waals surface area contributed by atoms with Crippen molar-refractivity contribution in [2.75, 3.05) is 32.1 Å². The number of aromatic amines is 1. The summed E-state index contributed by atoms with van der Waals surface area (Å²) < 4.78 is 38.3. The molecule has 1 aromatic heterocycles. The van der Waals surface area contributed by atoms with E-state index < -0.39 is 20.9 Å². The standard InChI is InChI=1S/C26H25N5O7S/c1-37-18-6-8-19(9-7-18)39(35,36)30-26(32)22-14-20-21(10-11-23(31(33)34)25(20)29-22)28-17-4-2-16(3-5-17)24-15-27-12-13-38-24/h2-11,14,24,27-29H,12-13,15H2,1H3,(H,30,32). The lowest BCUT2D eigenvalue weighted by Crippen LogP contribution is -2.33. The maximum Gasteiger partial charge on any atom is 0.293 e. The molecule has 2 heterocycles. The molecular formula is C26H25N5O7S. The molecule has 1 amide bonds. The molecule has 5 rings (SSSR count). The molecule has 0 bridgehead atoms. The van der Waals surface area contributed by atoms with E-state index in [4.69, 9.17) is 9.47 Å². The van der Waals surface area contributed by atoms with Gasteiger partial charge in [-0.05, 0) is 54.1 Å². The number of non-ortho nitro benzene ring substituents is 1. The number of benzene rings is 3. The highest BCUT2D eigenvalue weighted by atomic mass is 32.2. The van der Waals surface area contributed by atoms with E-state index in [0.29, 0.717) is 29.1 Å². The van der Waals surface area contributed by atoms with Gasteiger partial charge in [0.1, 0.15) is 17.0 Å². The molecule has 202 valence electrons. The van der Waals surface area contributed by atoms with E-state index in [1.165, 1.54) is 49.6 Å². The predicted molar refractivity (Wildman–Crippen MR) is 144 cm³/mol. The molecule has 0 saturated carbocycles. The summed E-state index contributed by atoms with van der Waals surface area (Å²) in [6.07, 6.45) is -0.0428. The summed E-state index contributed by atoms with van der Waals surface area (Å²) in [6, 6.07) is 17.3. The van der Waals surface area contributed by atoms with Gasteiger partial charge < -0.3 is 25.1 Å². The number of morpholine rings is 1. The van der Waals surface area contributed by atoms with Crippen LogP contribution in [0, 0.1) is 10.1 Å². The Morgan fingerprint density at radius 2 is 1.85 bits per heavy atom. The molecule has 0 radical (unpaired) electrons. The highest BCUT2D eigenvalue weighted by Crippen LogP contribution is 2.34. The predicted octanol–water partition coefficient (Wildman–Crippen LogP) is 3.61. The Balaban J connectivity index is 1.42. The van der Waals surface area contributed by atoms with Crippen molar-refractivity contribution in [2.45, 2.75) is 11.0 Å². The van der Waals surface area contributed by atoms with Crippen molar-refractivity contribution in [3.05, 3.63) is 88.1 Å². The lowest BCUT2D eigenvalue weighted by atomic mass is 10.1. The number of amides is 1. The fourth-order valence-corrected chi connectivity index (χ4v) is 5.26. The third-order valence-electron chi connectivity index (χ3n) is 6.30. The molecule has 12 nitrogen and oxygen atoms in total. The Hall–Kier alpha value is -4.46. The van der Waals surface area contributed by atoms with E-state index in [9.17, 15) is 23.3 Å². The highest BCUT2D eigenvalue weighted by Gasteiger charge is 2.24. The lowest BCUT2D eigenvalue weighted by Gasteiger charge is -2.24. The fourth-order valence-electron chi connectivity index (χ4n) is 4.29. The number of nitrogens with one attached hydrogen (secondary N) is 4. The number of nitro groups is 1. The average Bonchev–Trinajstić information content (AvgIpc) is 3.40. The molecule has 1 aliphatic rings. The van der Waals surface area contributed by atoms with Crippen LogP contribution in [-0.2, 0) is 14.8 Å². The molecule has 4 N–H and O–H groups in total. The molecule has 13 heteroatoms. The van der Waals surface area contributed by atoms with Gasteiger partial charge in [0, 0.05) is 35.9 Å². The van der Waals surface area contributed by atoms with Crippen molar-refractivity contribution < 1.29 is 27.6 Å². The number of aromatic nitrogens is 1. The first-order valence-corrected chi connectivity index (χ1v) is 13.4. The zero-order valence-electron chi connectivity index (χ0n) is 20.8. The second-order valence-corrected chi connectivity index (χ2v) is 10.5. The molecule has 4 aromatic rings. The zero-order valence-corrected chi connectivity index (χ0v) is 21.6. The number of fused-ring (bicyclic) bond motifs is 1. The third-order valence-corrected chi connectivity index (χ3v) is 7.65. The molecule has 1 saturated heterocycles. The number of H-pyrrole nitrogens is 1. The number of carbonyl (C=O) groups is 1. The van der Waals surface area contributed by atoms with E-state index in [1.807, 2.05) is 29.0 Å². The summed E-state index contributed by atoms with van der Waals surface area (Å²) in [5.74, 6) is -0.509. The number of nitrogens with zero attached hydrogens (tertiary/aromatic N) is 1. The van der Waals surface area contributed by atoms with Crippen LogP contribution < -0.4 is 20.1 Å². The number of anilines is 2. The highest BCUT2D eigenvalue weighted by molar-refractivity contribution is 7.90. The molecule has 1 fully saturated rings. The van der Waals surface area contributed by atoms with Crippen LogP contribution in [0.25, 0.3) is 10.9 Å². The molecule has 39 heavy (non-hydrogen) atoms. The summed E-state index contributed by atoms with van der Waals surface area (Å²) in [4.78, 5) is 26.6. The fraction of sp³-hybridized carbons (Fsp3) is 0.192. The van der Waals surface area contributed by atoms with Crippen LogP contribution in [0.1, 0.15) is 22.2 Å². The summed E-state index contributed by atoms with van der Waals surface area (Å²) >= 11 is 0. The van der Waals surface area contributed by atoms with Gasteiger partial charge in [0.25, 0.3) is 21.6 Å². The Labute approximate surface area is 223 Å². The van der Waals surface area contributed by atoms with Gasteiger partial charge in [0.05, 0.1) is 29.6 Å². The average molecular weight is 552 g/mol. The Morgan fingerprint density at radius 1 is 1.10 bits per heavy atom. The normalized spacial score (nSPS) is 15.6. The maximum absolute atomic E-state index is 12.9. The first-order chi connectivity index (χ1) is 18.7. The van der Waals surface area contributed by atoms with Crippen molar-refractivity contribution in [1.82, 2.24) is 15.0 Å². The van der Waals surface area contributed by atoms with Gasteiger partial charge in [0.2, 0.25) is 0 Å². The first-order valence-electron chi connectivity index (χ1n) is 12.0. The summed E-state index contributed by atoms with van der Waals surface area (Å²) in [7, 11) is -2.76. The summed E-state index contributed by atoms with van der Waals surface area (Å²) in [5.41, 5.74) is 1.89. The van der Waals surface area contributed by atoms with Crippen molar-refractivity contribution in [1.29, 1.82) is 0 Å². The SMILES string of the molecule is COc1ccc(S(=O)(=O)NC(=O)c2cc3c(Nc4ccc(C5CNCCO5)cc4)ccc([N+](=O)[O-])c3[nH]2)cc1. The molecule has 0 spiro atoms. The first kappa shape index (κ1) is 26.2. The van der Waals surface area contributed by atoms with E-state index in [1.54, 1.807) is 0 Å². The number of ether oxygens (including phenoxy) is 2. The number of hydrogen-bond donors (Lipinski definition) is 4. The van der Waals surface area contributed by atoms with Crippen molar-refractivity contribution in [3.63, 3.8) is 0 Å². The minimum Gasteiger partial charge on any atom is -0.497 e. The number of carbonyl (C=O) groups excluding carboxylic acids is 1. The monoisotopic (exact) mass is 551 g/mol. The van der Waals surface area contributed by atoms with E-state index in [2.05, 4.69) is 15.6 Å². The summed E-state index contributed by atoms with van der Waals surface area (Å²) in [6.45, 7) is 2.17. The van der Waals surface area contributed by atoms with Gasteiger partial charge in [-0.25, -0.2) is 13.1 Å². The number of rotatable bonds is 8. The minimum absolute atomic E-state index is 0.0428. The Kier molecular flexibility index (Phi) is 7.19. The van der Waals surface area contributed by atoms with Crippen LogP contribution in [0.2, 0.25) is 0 Å². The van der Waals surface area contributed by atoms with E-state index in [-0.39, 0.29) is 27.9 Å². The second kappa shape index (κ2) is 10.7. The molecule has 3 aromatic carbocycles. The van der Waals surface area contributed by atoms with Crippen molar-refractivity contribution in [2.24, 2.45) is 0 Å². The van der Waals surface area contributed by atoms with Gasteiger partial charge in [-0.15, -0.1) is 0 Å². The third kappa shape index (κ3) is 5.55. The molecule has 0 aliphatic carbocycles. The Bertz CT molecular complexity index is 1630. The van der Waals surface area contributed by atoms with Crippen LogP contribution in [0.4, 0.5) is 17.1 Å². The quantitative estimate of drug-likeness (QED) is 0.189. The second-order valence-electron chi connectivity index (χ2n) is 8.78. The minimum atomic E-state index is -4.21. The van der Waals surface area contributed by atoms with Crippen molar-refractivity contribution >= 4 is 43.9 Å². The smallest absolute Gasteiger partial charge is 0.293 e. The number of sulfonamides is 1. The van der Waals surface area contributed by atoms with E-state index >= 15 is 0 Å². The van der Waals surface area contributed by atoms with Crippen LogP contribution in [0.5, 0.6) is 5.75 Å². The van der Waals surface area contributed by atoms with Crippen LogP contribution in [0.15, 0.2) is 71.6 Å². The van der Waals surface area contributed by atoms with Crippen molar-refractivity contribution in [3.8, 4) is 5.75 Å². The van der Waals surface area contributed by atoms with Gasteiger partial charge in [-0.1, -0.05) is 12.1 Å². The van der Waals surface area contributed by atoms with Gasteiger partial charge >= 0.3 is 0 Å².